The number of hydrogen-bond donors (Lipinski definition) is 2. The second kappa shape index (κ2) is 13.0. The largest absolute Gasteiger partial charge is 0.510 e. The monoisotopic (exact) mass is 299 g/mol. The fourth-order valence-electron chi connectivity index (χ4n) is 1.45. The predicted molar refractivity (Wildman–Crippen MR) is 91.0 cm³/mol. The molecule has 1 atom stereocenters. The van der Waals surface area contributed by atoms with Crippen molar-refractivity contribution < 1.29 is 9.90 Å². The molecule has 0 saturated heterocycles. The molecule has 0 bridgehead atoms. The number of aliphatic hydroxyl groups excluding tert-OH is 1. The quantitative estimate of drug-likeness (QED) is 0.740. The Kier molecular flexibility index (Phi) is 13.9. The number of thioether (sulfide) groups is 1. The van der Waals surface area contributed by atoms with E-state index in [9.17, 15) is 9.90 Å². The van der Waals surface area contributed by atoms with Gasteiger partial charge in [0.2, 0.25) is 5.12 Å². The third kappa shape index (κ3) is 6.96. The van der Waals surface area contributed by atoms with E-state index in [0.29, 0.717) is 18.5 Å². The summed E-state index contributed by atoms with van der Waals surface area (Å²) in [7, 11) is 0. The molecule has 3 N–H and O–H groups in total. The molecule has 0 spiro atoms. The van der Waals surface area contributed by atoms with Crippen molar-refractivity contribution in [3.05, 3.63) is 35.6 Å². The van der Waals surface area contributed by atoms with Crippen molar-refractivity contribution in [3.63, 3.8) is 0 Å². The van der Waals surface area contributed by atoms with Crippen LogP contribution in [0.2, 0.25) is 0 Å². The van der Waals surface area contributed by atoms with Gasteiger partial charge in [-0.1, -0.05) is 63.8 Å². The molecule has 0 amide bonds. The molecular weight excluding hydrogens is 270 g/mol. The zero-order valence-electron chi connectivity index (χ0n) is 13.4. The summed E-state index contributed by atoms with van der Waals surface area (Å²) in [5.74, 6) is 0.185. The molecule has 0 fully saturated rings. The molecule has 0 aromatic heterocycles. The van der Waals surface area contributed by atoms with Crippen molar-refractivity contribution in [1.29, 1.82) is 0 Å². The van der Waals surface area contributed by atoms with E-state index in [1.165, 1.54) is 0 Å². The lowest BCUT2D eigenvalue weighted by Crippen LogP contribution is -2.02. The van der Waals surface area contributed by atoms with Gasteiger partial charge in [0.25, 0.3) is 0 Å². The Morgan fingerprint density at radius 2 is 1.95 bits per heavy atom. The summed E-state index contributed by atoms with van der Waals surface area (Å²) in [5, 5.41) is 9.62. The van der Waals surface area contributed by atoms with Crippen LogP contribution in [0.4, 0.5) is 0 Å². The summed E-state index contributed by atoms with van der Waals surface area (Å²) in [6.07, 6.45) is 4.84. The number of carbonyl (C=O) groups excluding carboxylic acids is 1. The van der Waals surface area contributed by atoms with Gasteiger partial charge in [0.1, 0.15) is 5.76 Å². The van der Waals surface area contributed by atoms with Gasteiger partial charge in [0.15, 0.2) is 0 Å². The summed E-state index contributed by atoms with van der Waals surface area (Å²) in [6, 6.07) is 0. The van der Waals surface area contributed by atoms with E-state index in [0.717, 1.165) is 23.8 Å². The van der Waals surface area contributed by atoms with Gasteiger partial charge in [-0.2, -0.15) is 0 Å². The highest BCUT2D eigenvalue weighted by atomic mass is 32.2. The average Bonchev–Trinajstić information content (AvgIpc) is 2.75. The Hall–Kier alpha value is -1.00. The van der Waals surface area contributed by atoms with Crippen LogP contribution < -0.4 is 5.73 Å². The summed E-state index contributed by atoms with van der Waals surface area (Å²) in [6.45, 7) is 14.1. The lowest BCUT2D eigenvalue weighted by molar-refractivity contribution is -0.108. The lowest BCUT2D eigenvalue weighted by Gasteiger charge is -2.03. The van der Waals surface area contributed by atoms with Gasteiger partial charge in [-0.15, -0.1) is 0 Å². The Morgan fingerprint density at radius 1 is 1.40 bits per heavy atom. The molecule has 0 aliphatic carbocycles. The Balaban J connectivity index is 0. The highest BCUT2D eigenvalue weighted by molar-refractivity contribution is 8.15. The van der Waals surface area contributed by atoms with Gasteiger partial charge in [-0.25, -0.2) is 0 Å². The van der Waals surface area contributed by atoms with Crippen molar-refractivity contribution in [2.45, 2.75) is 52.7 Å². The zero-order chi connectivity index (χ0) is 16.1. The third-order valence-corrected chi connectivity index (χ3v) is 3.50. The fraction of sp³-hybridized carbons (Fsp3) is 0.562. The summed E-state index contributed by atoms with van der Waals surface area (Å²) in [5.41, 5.74) is 6.86. The zero-order valence-corrected chi connectivity index (χ0v) is 14.2. The maximum Gasteiger partial charge on any atom is 0.219 e. The molecule has 1 unspecified atom stereocenters. The first-order chi connectivity index (χ1) is 9.60. The van der Waals surface area contributed by atoms with Crippen LogP contribution >= 0.6 is 11.8 Å². The molecule has 1 aliphatic rings. The molecule has 0 radical (unpaired) electrons. The minimum Gasteiger partial charge on any atom is -0.510 e. The molecule has 20 heavy (non-hydrogen) atoms. The first kappa shape index (κ1) is 21.3. The highest BCUT2D eigenvalue weighted by Crippen LogP contribution is 2.35. The summed E-state index contributed by atoms with van der Waals surface area (Å²) in [4.78, 5) is 11.6. The van der Waals surface area contributed by atoms with Crippen LogP contribution in [0.5, 0.6) is 0 Å². The molecule has 0 aromatic carbocycles. The van der Waals surface area contributed by atoms with Crippen molar-refractivity contribution in [3.8, 4) is 0 Å². The van der Waals surface area contributed by atoms with E-state index in [1.807, 2.05) is 40.7 Å². The maximum atomic E-state index is 11.6. The van der Waals surface area contributed by atoms with E-state index >= 15 is 0 Å². The Morgan fingerprint density at radius 3 is 2.40 bits per heavy atom. The van der Waals surface area contributed by atoms with Gasteiger partial charge in [0, 0.05) is 5.57 Å². The van der Waals surface area contributed by atoms with Gasteiger partial charge in [-0.3, -0.25) is 4.79 Å². The summed E-state index contributed by atoms with van der Waals surface area (Å²) < 4.78 is 0. The smallest absolute Gasteiger partial charge is 0.219 e. The number of hydrogen-bond acceptors (Lipinski definition) is 4. The maximum absolute atomic E-state index is 11.6. The van der Waals surface area contributed by atoms with Gasteiger partial charge >= 0.3 is 0 Å². The van der Waals surface area contributed by atoms with Crippen LogP contribution in [0.25, 0.3) is 0 Å². The second-order valence-corrected chi connectivity index (χ2v) is 4.81. The van der Waals surface area contributed by atoms with Crippen LogP contribution in [-0.4, -0.2) is 22.0 Å². The molecule has 1 aliphatic heterocycles. The molecule has 3 nitrogen and oxygen atoms in total. The van der Waals surface area contributed by atoms with E-state index in [-0.39, 0.29) is 16.1 Å². The molecule has 1 heterocycles. The van der Waals surface area contributed by atoms with E-state index < -0.39 is 0 Å². The Labute approximate surface area is 128 Å². The molecule has 4 heteroatoms. The standard InChI is InChI=1S/C12H17NO2S.2C2H6/c1-3-8(2)7-10-11(14)9(5-4-6-13)12(15)16-10;2*1-2/h3,7,10,14H,1,4-6,13H2,2H3;2*1-2H3/b8-7+;;. The number of carbonyl (C=O) groups is 1. The van der Waals surface area contributed by atoms with Crippen LogP contribution in [0.3, 0.4) is 0 Å². The van der Waals surface area contributed by atoms with Crippen molar-refractivity contribution in [2.24, 2.45) is 5.73 Å². The lowest BCUT2D eigenvalue weighted by atomic mass is 10.1. The molecular formula is C16H29NO2S. The predicted octanol–water partition coefficient (Wildman–Crippen LogP) is 4.36. The van der Waals surface area contributed by atoms with E-state index in [1.54, 1.807) is 6.08 Å². The first-order valence-corrected chi connectivity index (χ1v) is 8.12. The van der Waals surface area contributed by atoms with Gasteiger partial charge in [-0.05, 0) is 26.3 Å². The Bertz CT molecular complexity index is 359. The summed E-state index contributed by atoms with van der Waals surface area (Å²) >= 11 is 1.15. The number of nitrogens with two attached hydrogens (primary N) is 1. The van der Waals surface area contributed by atoms with Crippen LogP contribution in [0, 0.1) is 0 Å². The highest BCUT2D eigenvalue weighted by Gasteiger charge is 2.31. The van der Waals surface area contributed by atoms with E-state index in [2.05, 4.69) is 6.58 Å². The number of aliphatic hydroxyl groups is 1. The minimum atomic E-state index is -0.252. The van der Waals surface area contributed by atoms with Crippen molar-refractivity contribution >= 4 is 16.9 Å². The minimum absolute atomic E-state index is 0.0379. The average molecular weight is 299 g/mol. The molecule has 0 saturated carbocycles. The SMILES string of the molecule is C=C/C(C)=C/C1SC(=O)C(CCCN)=C1O.CC.CC. The number of allylic oxidation sites excluding steroid dienone is 2. The van der Waals surface area contributed by atoms with E-state index in [4.69, 9.17) is 5.73 Å². The molecule has 116 valence electrons. The van der Waals surface area contributed by atoms with Crippen molar-refractivity contribution in [2.75, 3.05) is 6.54 Å². The van der Waals surface area contributed by atoms with Gasteiger partial charge < -0.3 is 10.8 Å². The topological polar surface area (TPSA) is 63.3 Å². The van der Waals surface area contributed by atoms with Crippen LogP contribution in [0.1, 0.15) is 47.5 Å². The molecule has 0 aromatic rings. The third-order valence-electron chi connectivity index (χ3n) is 2.43. The van der Waals surface area contributed by atoms with Crippen LogP contribution in [0.15, 0.2) is 35.6 Å². The van der Waals surface area contributed by atoms with Crippen molar-refractivity contribution in [1.82, 2.24) is 0 Å². The fourth-order valence-corrected chi connectivity index (χ4v) is 2.56. The first-order valence-electron chi connectivity index (χ1n) is 7.24. The van der Waals surface area contributed by atoms with Gasteiger partial charge in [0.05, 0.1) is 5.25 Å². The van der Waals surface area contributed by atoms with Crippen LogP contribution in [-0.2, 0) is 4.79 Å². The normalized spacial score (nSPS) is 18.0. The number of rotatable bonds is 5. The second-order valence-electron chi connectivity index (χ2n) is 3.70. The molecule has 1 rings (SSSR count).